The third-order valence-corrected chi connectivity index (χ3v) is 4.13. The summed E-state index contributed by atoms with van der Waals surface area (Å²) in [6.07, 6.45) is 1.46. The van der Waals surface area contributed by atoms with Crippen LogP contribution in [0.2, 0.25) is 0 Å². The molecule has 0 aliphatic carbocycles. The average Bonchev–Trinajstić information content (AvgIpc) is 2.89. The molecule has 2 aromatic rings. The van der Waals surface area contributed by atoms with Crippen LogP contribution in [0, 0.1) is 6.92 Å². The first-order valence-electron chi connectivity index (χ1n) is 7.91. The maximum absolute atomic E-state index is 12.3. The molecular weight excluding hydrogens is 292 g/mol. The van der Waals surface area contributed by atoms with Gasteiger partial charge in [0.25, 0.3) is 0 Å². The molecule has 1 atom stereocenters. The van der Waals surface area contributed by atoms with Crippen molar-refractivity contribution >= 4 is 5.91 Å². The van der Waals surface area contributed by atoms with Gasteiger partial charge >= 0.3 is 0 Å². The van der Waals surface area contributed by atoms with E-state index in [0.29, 0.717) is 23.8 Å². The van der Waals surface area contributed by atoms with E-state index in [1.807, 2.05) is 51.1 Å². The standard InChI is InChI=1S/C18H24N2O3/c1-4-18(3,10-11-21)20-16(22)12-15-13(2)23-17(19-15)14-8-6-5-7-9-14/h5-9,21H,4,10-12H2,1-3H3,(H,20,22). The highest BCUT2D eigenvalue weighted by Crippen LogP contribution is 2.22. The SMILES string of the molecule is CCC(C)(CCO)NC(=O)Cc1nc(-c2ccccc2)oc1C. The summed E-state index contributed by atoms with van der Waals surface area (Å²) in [6, 6.07) is 9.61. The molecule has 0 aliphatic rings. The molecule has 1 aromatic heterocycles. The van der Waals surface area contributed by atoms with Crippen LogP contribution in [0.4, 0.5) is 0 Å². The summed E-state index contributed by atoms with van der Waals surface area (Å²) in [5.41, 5.74) is 1.14. The fourth-order valence-electron chi connectivity index (χ4n) is 2.40. The summed E-state index contributed by atoms with van der Waals surface area (Å²) in [7, 11) is 0. The van der Waals surface area contributed by atoms with E-state index in [1.165, 1.54) is 0 Å². The zero-order chi connectivity index (χ0) is 16.9. The fourth-order valence-corrected chi connectivity index (χ4v) is 2.40. The first-order chi connectivity index (χ1) is 11.0. The number of oxazole rings is 1. The number of benzene rings is 1. The van der Waals surface area contributed by atoms with Gasteiger partial charge in [-0.3, -0.25) is 4.79 Å². The summed E-state index contributed by atoms with van der Waals surface area (Å²) in [5.74, 6) is 1.07. The van der Waals surface area contributed by atoms with Crippen LogP contribution in [0.15, 0.2) is 34.7 Å². The summed E-state index contributed by atoms with van der Waals surface area (Å²) in [4.78, 5) is 16.7. The minimum atomic E-state index is -0.397. The van der Waals surface area contributed by atoms with E-state index in [9.17, 15) is 4.79 Å². The largest absolute Gasteiger partial charge is 0.441 e. The van der Waals surface area contributed by atoms with E-state index in [4.69, 9.17) is 9.52 Å². The number of nitrogens with one attached hydrogen (secondary N) is 1. The predicted octanol–water partition coefficient (Wildman–Crippen LogP) is 2.86. The zero-order valence-electron chi connectivity index (χ0n) is 13.9. The Morgan fingerprint density at radius 2 is 2.04 bits per heavy atom. The van der Waals surface area contributed by atoms with Crippen LogP contribution in [-0.2, 0) is 11.2 Å². The van der Waals surface area contributed by atoms with Gasteiger partial charge in [-0.1, -0.05) is 25.1 Å². The molecule has 0 fully saturated rings. The highest BCUT2D eigenvalue weighted by molar-refractivity contribution is 5.79. The predicted molar refractivity (Wildman–Crippen MR) is 88.9 cm³/mol. The lowest BCUT2D eigenvalue weighted by molar-refractivity contribution is -0.122. The molecule has 1 aromatic carbocycles. The lowest BCUT2D eigenvalue weighted by Crippen LogP contribution is -2.46. The second-order valence-electron chi connectivity index (χ2n) is 6.00. The quantitative estimate of drug-likeness (QED) is 0.823. The third-order valence-electron chi connectivity index (χ3n) is 4.13. The van der Waals surface area contributed by atoms with E-state index < -0.39 is 5.54 Å². The van der Waals surface area contributed by atoms with Crippen molar-refractivity contribution in [3.05, 3.63) is 41.8 Å². The smallest absolute Gasteiger partial charge is 0.226 e. The Labute approximate surface area is 136 Å². The van der Waals surface area contributed by atoms with E-state index in [2.05, 4.69) is 10.3 Å². The lowest BCUT2D eigenvalue weighted by atomic mass is 9.94. The molecule has 0 saturated carbocycles. The summed E-state index contributed by atoms with van der Waals surface area (Å²) < 4.78 is 5.67. The topological polar surface area (TPSA) is 75.4 Å². The monoisotopic (exact) mass is 316 g/mol. The molecule has 0 saturated heterocycles. The van der Waals surface area contributed by atoms with Crippen molar-refractivity contribution in [1.29, 1.82) is 0 Å². The lowest BCUT2D eigenvalue weighted by Gasteiger charge is -2.28. The van der Waals surface area contributed by atoms with Crippen LogP contribution in [0.1, 0.15) is 38.1 Å². The normalized spacial score (nSPS) is 13.6. The Bertz CT molecular complexity index is 652. The molecule has 1 heterocycles. The second kappa shape index (κ2) is 7.42. The minimum Gasteiger partial charge on any atom is -0.441 e. The maximum Gasteiger partial charge on any atom is 0.226 e. The number of aromatic nitrogens is 1. The van der Waals surface area contributed by atoms with E-state index in [-0.39, 0.29) is 18.9 Å². The molecule has 5 nitrogen and oxygen atoms in total. The molecule has 23 heavy (non-hydrogen) atoms. The van der Waals surface area contributed by atoms with Crippen molar-refractivity contribution in [2.24, 2.45) is 0 Å². The van der Waals surface area contributed by atoms with Crippen LogP contribution >= 0.6 is 0 Å². The molecule has 5 heteroatoms. The number of rotatable bonds is 7. The van der Waals surface area contributed by atoms with Gasteiger partial charge in [-0.15, -0.1) is 0 Å². The van der Waals surface area contributed by atoms with Crippen LogP contribution < -0.4 is 5.32 Å². The molecule has 1 unspecified atom stereocenters. The Hall–Kier alpha value is -2.14. The third kappa shape index (κ3) is 4.42. The fraction of sp³-hybridized carbons (Fsp3) is 0.444. The molecule has 0 radical (unpaired) electrons. The Balaban J connectivity index is 2.09. The van der Waals surface area contributed by atoms with Crippen molar-refractivity contribution in [3.8, 4) is 11.5 Å². The van der Waals surface area contributed by atoms with Crippen LogP contribution in [0.3, 0.4) is 0 Å². The van der Waals surface area contributed by atoms with E-state index in [0.717, 1.165) is 12.0 Å². The van der Waals surface area contributed by atoms with Crippen molar-refractivity contribution in [2.75, 3.05) is 6.61 Å². The second-order valence-corrected chi connectivity index (χ2v) is 6.00. The average molecular weight is 316 g/mol. The van der Waals surface area contributed by atoms with E-state index >= 15 is 0 Å². The summed E-state index contributed by atoms with van der Waals surface area (Å²) >= 11 is 0. The van der Waals surface area contributed by atoms with Gasteiger partial charge in [0.05, 0.1) is 12.1 Å². The number of hydrogen-bond acceptors (Lipinski definition) is 4. The number of aryl methyl sites for hydroxylation is 1. The van der Waals surface area contributed by atoms with Crippen LogP contribution in [-0.4, -0.2) is 28.1 Å². The highest BCUT2D eigenvalue weighted by Gasteiger charge is 2.24. The first-order valence-corrected chi connectivity index (χ1v) is 7.91. The van der Waals surface area contributed by atoms with Gasteiger partial charge in [-0.25, -0.2) is 4.98 Å². The van der Waals surface area contributed by atoms with Crippen molar-refractivity contribution in [2.45, 2.75) is 45.6 Å². The first kappa shape index (κ1) is 17.2. The summed E-state index contributed by atoms with van der Waals surface area (Å²) in [5, 5.41) is 12.1. The summed E-state index contributed by atoms with van der Waals surface area (Å²) in [6.45, 7) is 5.79. The number of carbonyl (C=O) groups excluding carboxylic acids is 1. The maximum atomic E-state index is 12.3. The highest BCUT2D eigenvalue weighted by atomic mass is 16.4. The van der Waals surface area contributed by atoms with Gasteiger partial charge in [0.2, 0.25) is 11.8 Å². The van der Waals surface area contributed by atoms with E-state index in [1.54, 1.807) is 0 Å². The van der Waals surface area contributed by atoms with Crippen molar-refractivity contribution in [1.82, 2.24) is 10.3 Å². The molecule has 2 rings (SSSR count). The number of amides is 1. The van der Waals surface area contributed by atoms with Gasteiger partial charge in [0.15, 0.2) is 0 Å². The van der Waals surface area contributed by atoms with Gasteiger partial charge in [-0.2, -0.15) is 0 Å². The number of hydrogen-bond donors (Lipinski definition) is 2. The molecule has 0 bridgehead atoms. The molecule has 0 aliphatic heterocycles. The molecule has 124 valence electrons. The van der Waals surface area contributed by atoms with Gasteiger partial charge < -0.3 is 14.8 Å². The zero-order valence-corrected chi connectivity index (χ0v) is 13.9. The van der Waals surface area contributed by atoms with Gasteiger partial charge in [0, 0.05) is 17.7 Å². The Morgan fingerprint density at radius 1 is 1.35 bits per heavy atom. The van der Waals surface area contributed by atoms with Gasteiger partial charge in [-0.05, 0) is 38.8 Å². The number of aliphatic hydroxyl groups is 1. The Kier molecular flexibility index (Phi) is 5.55. The number of carbonyl (C=O) groups is 1. The van der Waals surface area contributed by atoms with Gasteiger partial charge in [0.1, 0.15) is 5.76 Å². The molecular formula is C18H24N2O3. The van der Waals surface area contributed by atoms with Crippen molar-refractivity contribution < 1.29 is 14.3 Å². The van der Waals surface area contributed by atoms with Crippen LogP contribution in [0.25, 0.3) is 11.5 Å². The molecule has 0 spiro atoms. The van der Waals surface area contributed by atoms with Crippen LogP contribution in [0.5, 0.6) is 0 Å². The van der Waals surface area contributed by atoms with Crippen molar-refractivity contribution in [3.63, 3.8) is 0 Å². The number of nitrogens with zero attached hydrogens (tertiary/aromatic N) is 1. The number of aliphatic hydroxyl groups excluding tert-OH is 1. The molecule has 2 N–H and O–H groups in total. The Morgan fingerprint density at radius 3 is 2.65 bits per heavy atom. The minimum absolute atomic E-state index is 0.0474. The molecule has 1 amide bonds.